The molecule has 0 aromatic heterocycles. The third kappa shape index (κ3) is 5.30. The first-order chi connectivity index (χ1) is 8.60. The van der Waals surface area contributed by atoms with Gasteiger partial charge < -0.3 is 10.6 Å². The standard InChI is InChI=1S/C13H20N2O3S/c1-10-5-7-11(8-6-10)19(17,18)9-14-12(16)15-13(2,3)4/h5-8H,9H2,1-4H3,(H2,14,15,16). The predicted octanol–water partition coefficient (Wildman–Crippen LogP) is 1.82. The topological polar surface area (TPSA) is 75.3 Å². The molecule has 2 N–H and O–H groups in total. The molecule has 0 unspecified atom stereocenters. The summed E-state index contributed by atoms with van der Waals surface area (Å²) in [5.41, 5.74) is 0.579. The summed E-state index contributed by atoms with van der Waals surface area (Å²) < 4.78 is 23.9. The number of carbonyl (C=O) groups is 1. The molecular formula is C13H20N2O3S. The van der Waals surface area contributed by atoms with Crippen LogP contribution in [0.3, 0.4) is 0 Å². The van der Waals surface area contributed by atoms with Crippen molar-refractivity contribution in [3.05, 3.63) is 29.8 Å². The zero-order valence-corrected chi connectivity index (χ0v) is 12.5. The van der Waals surface area contributed by atoms with Crippen molar-refractivity contribution in [2.24, 2.45) is 0 Å². The lowest BCUT2D eigenvalue weighted by molar-refractivity contribution is 0.233. The molecule has 6 heteroatoms. The van der Waals surface area contributed by atoms with Gasteiger partial charge in [-0.05, 0) is 39.8 Å². The van der Waals surface area contributed by atoms with Crippen molar-refractivity contribution < 1.29 is 13.2 Å². The molecule has 2 amide bonds. The van der Waals surface area contributed by atoms with E-state index in [4.69, 9.17) is 0 Å². The van der Waals surface area contributed by atoms with Gasteiger partial charge in [0.05, 0.1) is 4.90 Å². The Kier molecular flexibility index (Phi) is 4.57. The molecule has 0 saturated carbocycles. The highest BCUT2D eigenvalue weighted by Gasteiger charge is 2.18. The molecule has 0 bridgehead atoms. The normalized spacial score (nSPS) is 12.0. The van der Waals surface area contributed by atoms with E-state index in [1.54, 1.807) is 12.1 Å². The average Bonchev–Trinajstić information content (AvgIpc) is 2.25. The quantitative estimate of drug-likeness (QED) is 0.889. The van der Waals surface area contributed by atoms with E-state index in [1.165, 1.54) is 12.1 Å². The van der Waals surface area contributed by atoms with Crippen LogP contribution in [-0.4, -0.2) is 25.9 Å². The minimum atomic E-state index is -3.50. The van der Waals surface area contributed by atoms with Crippen LogP contribution in [0, 0.1) is 6.92 Å². The van der Waals surface area contributed by atoms with Gasteiger partial charge in [0, 0.05) is 5.54 Å². The third-order valence-corrected chi connectivity index (χ3v) is 3.81. The molecule has 106 valence electrons. The van der Waals surface area contributed by atoms with Crippen molar-refractivity contribution in [1.29, 1.82) is 0 Å². The molecule has 0 spiro atoms. The van der Waals surface area contributed by atoms with Gasteiger partial charge in [0.15, 0.2) is 9.84 Å². The van der Waals surface area contributed by atoms with E-state index in [0.717, 1.165) is 5.56 Å². The Labute approximate surface area is 114 Å². The number of amides is 2. The van der Waals surface area contributed by atoms with Gasteiger partial charge in [-0.25, -0.2) is 13.2 Å². The van der Waals surface area contributed by atoms with Crippen LogP contribution in [-0.2, 0) is 9.84 Å². The number of nitrogens with one attached hydrogen (secondary N) is 2. The number of aryl methyl sites for hydroxylation is 1. The van der Waals surface area contributed by atoms with Gasteiger partial charge in [0.1, 0.15) is 5.88 Å². The van der Waals surface area contributed by atoms with Gasteiger partial charge in [0.2, 0.25) is 0 Å². The molecule has 1 aromatic rings. The number of carbonyl (C=O) groups excluding carboxylic acids is 1. The Hall–Kier alpha value is -1.56. The molecule has 0 fully saturated rings. The monoisotopic (exact) mass is 284 g/mol. The summed E-state index contributed by atoms with van der Waals surface area (Å²) in [5.74, 6) is -0.419. The van der Waals surface area contributed by atoms with E-state index in [-0.39, 0.29) is 4.90 Å². The summed E-state index contributed by atoms with van der Waals surface area (Å²) in [6.07, 6.45) is 0. The molecular weight excluding hydrogens is 264 g/mol. The molecule has 19 heavy (non-hydrogen) atoms. The van der Waals surface area contributed by atoms with Crippen LogP contribution in [0.15, 0.2) is 29.2 Å². The van der Waals surface area contributed by atoms with Gasteiger partial charge in [0.25, 0.3) is 0 Å². The highest BCUT2D eigenvalue weighted by atomic mass is 32.2. The van der Waals surface area contributed by atoms with Crippen LogP contribution in [0.2, 0.25) is 0 Å². The van der Waals surface area contributed by atoms with E-state index in [2.05, 4.69) is 10.6 Å². The molecule has 0 heterocycles. The minimum absolute atomic E-state index is 0.203. The lowest BCUT2D eigenvalue weighted by Gasteiger charge is -2.20. The van der Waals surface area contributed by atoms with Crippen molar-refractivity contribution in [1.82, 2.24) is 10.6 Å². The van der Waals surface area contributed by atoms with Crippen molar-refractivity contribution in [2.45, 2.75) is 38.1 Å². The zero-order chi connectivity index (χ0) is 14.7. The van der Waals surface area contributed by atoms with Crippen molar-refractivity contribution in [3.63, 3.8) is 0 Å². The van der Waals surface area contributed by atoms with E-state index in [1.807, 2.05) is 27.7 Å². The SMILES string of the molecule is Cc1ccc(S(=O)(=O)CNC(=O)NC(C)(C)C)cc1. The second-order valence-electron chi connectivity index (χ2n) is 5.45. The Balaban J connectivity index is 2.66. The largest absolute Gasteiger partial charge is 0.334 e. The maximum atomic E-state index is 12.0. The van der Waals surface area contributed by atoms with Crippen LogP contribution in [0.4, 0.5) is 4.79 Å². The maximum Gasteiger partial charge on any atom is 0.316 e. The highest BCUT2D eigenvalue weighted by molar-refractivity contribution is 7.91. The van der Waals surface area contributed by atoms with Gasteiger partial charge in [-0.3, -0.25) is 0 Å². The lowest BCUT2D eigenvalue weighted by atomic mass is 10.1. The number of hydrogen-bond acceptors (Lipinski definition) is 3. The number of benzene rings is 1. The summed E-state index contributed by atoms with van der Waals surface area (Å²) >= 11 is 0. The van der Waals surface area contributed by atoms with E-state index in [9.17, 15) is 13.2 Å². The Bertz CT molecular complexity index is 542. The van der Waals surface area contributed by atoms with Crippen LogP contribution < -0.4 is 10.6 Å². The Morgan fingerprint density at radius 2 is 1.68 bits per heavy atom. The van der Waals surface area contributed by atoms with Crippen LogP contribution in [0.25, 0.3) is 0 Å². The first kappa shape index (κ1) is 15.5. The Morgan fingerprint density at radius 3 is 2.16 bits per heavy atom. The molecule has 0 radical (unpaired) electrons. The van der Waals surface area contributed by atoms with Crippen LogP contribution in [0.1, 0.15) is 26.3 Å². The van der Waals surface area contributed by atoms with Crippen molar-refractivity contribution in [3.8, 4) is 0 Å². The smallest absolute Gasteiger partial charge is 0.316 e. The first-order valence-corrected chi connectivity index (χ1v) is 7.61. The number of rotatable bonds is 3. The molecule has 5 nitrogen and oxygen atoms in total. The average molecular weight is 284 g/mol. The van der Waals surface area contributed by atoms with Crippen LogP contribution >= 0.6 is 0 Å². The molecule has 1 rings (SSSR count). The second-order valence-corrected chi connectivity index (χ2v) is 7.44. The third-order valence-electron chi connectivity index (χ3n) is 2.29. The molecule has 0 atom stereocenters. The van der Waals surface area contributed by atoms with Gasteiger partial charge in [-0.2, -0.15) is 0 Å². The second kappa shape index (κ2) is 5.61. The molecule has 0 aliphatic carbocycles. The maximum absolute atomic E-state index is 12.0. The van der Waals surface area contributed by atoms with Crippen molar-refractivity contribution in [2.75, 3.05) is 5.88 Å². The van der Waals surface area contributed by atoms with Gasteiger partial charge in [-0.15, -0.1) is 0 Å². The van der Waals surface area contributed by atoms with Crippen molar-refractivity contribution >= 4 is 15.9 Å². The Morgan fingerprint density at radius 1 is 1.16 bits per heavy atom. The summed E-state index contributed by atoms with van der Waals surface area (Å²) in [5, 5.41) is 4.99. The number of sulfone groups is 1. The summed E-state index contributed by atoms with van der Waals surface area (Å²) in [6.45, 7) is 7.34. The fourth-order valence-corrected chi connectivity index (χ4v) is 2.41. The summed E-state index contributed by atoms with van der Waals surface area (Å²) in [6, 6.07) is 6.02. The fraction of sp³-hybridized carbons (Fsp3) is 0.462. The predicted molar refractivity (Wildman–Crippen MR) is 74.7 cm³/mol. The fourth-order valence-electron chi connectivity index (χ4n) is 1.37. The number of hydrogen-bond donors (Lipinski definition) is 2. The molecule has 1 aromatic carbocycles. The van der Waals surface area contributed by atoms with Gasteiger partial charge in [-0.1, -0.05) is 17.7 Å². The zero-order valence-electron chi connectivity index (χ0n) is 11.6. The highest BCUT2D eigenvalue weighted by Crippen LogP contribution is 2.11. The lowest BCUT2D eigenvalue weighted by Crippen LogP contribution is -2.47. The van der Waals surface area contributed by atoms with E-state index >= 15 is 0 Å². The van der Waals surface area contributed by atoms with E-state index in [0.29, 0.717) is 0 Å². The molecule has 0 aliphatic rings. The first-order valence-electron chi connectivity index (χ1n) is 5.96. The number of urea groups is 1. The van der Waals surface area contributed by atoms with Gasteiger partial charge >= 0.3 is 6.03 Å². The summed E-state index contributed by atoms with van der Waals surface area (Å²) in [4.78, 5) is 11.7. The van der Waals surface area contributed by atoms with Crippen LogP contribution in [0.5, 0.6) is 0 Å². The van der Waals surface area contributed by atoms with E-state index < -0.39 is 27.3 Å². The molecule has 0 saturated heterocycles. The minimum Gasteiger partial charge on any atom is -0.334 e. The molecule has 0 aliphatic heterocycles. The summed E-state index contributed by atoms with van der Waals surface area (Å²) in [7, 11) is -3.50.